The first-order valence-corrected chi connectivity index (χ1v) is 7.43. The second-order valence-electron chi connectivity index (χ2n) is 4.25. The molecule has 0 fully saturated rings. The molecule has 0 atom stereocenters. The van der Waals surface area contributed by atoms with Gasteiger partial charge in [-0.15, -0.1) is 0 Å². The monoisotopic (exact) mass is 286 g/mol. The highest BCUT2D eigenvalue weighted by Gasteiger charge is 2.13. The zero-order chi connectivity index (χ0) is 14.5. The van der Waals surface area contributed by atoms with Crippen LogP contribution in [0.4, 0.5) is 5.69 Å². The quantitative estimate of drug-likeness (QED) is 0.670. The Bertz CT molecular complexity index is 555. The van der Waals surface area contributed by atoms with E-state index in [1.807, 2.05) is 0 Å². The molecule has 1 aromatic rings. The summed E-state index contributed by atoms with van der Waals surface area (Å²) in [6.07, 6.45) is 1.42. The third-order valence-electron chi connectivity index (χ3n) is 2.59. The van der Waals surface area contributed by atoms with Gasteiger partial charge in [-0.3, -0.25) is 4.79 Å². The molecule has 0 saturated carbocycles. The molecule has 106 valence electrons. The molecule has 6 nitrogen and oxygen atoms in total. The number of aryl methyl sites for hydroxylation is 1. The van der Waals surface area contributed by atoms with E-state index in [9.17, 15) is 13.2 Å². The summed E-state index contributed by atoms with van der Waals surface area (Å²) in [5.41, 5.74) is 0.921. The van der Waals surface area contributed by atoms with Gasteiger partial charge in [-0.1, -0.05) is 6.07 Å². The summed E-state index contributed by atoms with van der Waals surface area (Å²) in [5, 5.41) is 16.3. The fourth-order valence-electron chi connectivity index (χ4n) is 1.61. The lowest BCUT2D eigenvalue weighted by Crippen LogP contribution is -2.15. The number of anilines is 1. The van der Waals surface area contributed by atoms with Crippen molar-refractivity contribution >= 4 is 21.6 Å². The molecule has 0 heterocycles. The Morgan fingerprint density at radius 3 is 2.63 bits per heavy atom. The number of primary sulfonamides is 1. The summed E-state index contributed by atoms with van der Waals surface area (Å²) >= 11 is 0. The van der Waals surface area contributed by atoms with Crippen molar-refractivity contribution in [2.45, 2.75) is 31.1 Å². The van der Waals surface area contributed by atoms with Crippen LogP contribution >= 0.6 is 0 Å². The van der Waals surface area contributed by atoms with E-state index in [0.29, 0.717) is 24.1 Å². The fourth-order valence-corrected chi connectivity index (χ4v) is 2.41. The number of carbonyl (C=O) groups excluding carboxylic acids is 1. The number of aliphatic hydroxyl groups is 1. The number of rotatable bonds is 6. The maximum Gasteiger partial charge on any atom is 0.238 e. The SMILES string of the molecule is Cc1ccc(NC(=O)CCCCO)cc1S(N)(=O)=O. The predicted octanol–water partition coefficient (Wildman–Crippen LogP) is 0.744. The van der Waals surface area contributed by atoms with Crippen LogP contribution in [0.1, 0.15) is 24.8 Å². The molecule has 7 heteroatoms. The second-order valence-corrected chi connectivity index (χ2v) is 5.78. The summed E-state index contributed by atoms with van der Waals surface area (Å²) in [6, 6.07) is 4.55. The number of benzene rings is 1. The first-order valence-electron chi connectivity index (χ1n) is 5.89. The van der Waals surface area contributed by atoms with Crippen molar-refractivity contribution in [2.75, 3.05) is 11.9 Å². The Labute approximate surface area is 112 Å². The van der Waals surface area contributed by atoms with Crippen LogP contribution in [0.3, 0.4) is 0 Å². The smallest absolute Gasteiger partial charge is 0.238 e. The van der Waals surface area contributed by atoms with Crippen molar-refractivity contribution in [3.8, 4) is 0 Å². The first-order chi connectivity index (χ1) is 8.84. The molecular formula is C12H18N2O4S. The fraction of sp³-hybridized carbons (Fsp3) is 0.417. The third kappa shape index (κ3) is 4.98. The van der Waals surface area contributed by atoms with Crippen molar-refractivity contribution in [2.24, 2.45) is 5.14 Å². The summed E-state index contributed by atoms with van der Waals surface area (Å²) in [5.74, 6) is -0.224. The number of unbranched alkanes of at least 4 members (excludes halogenated alkanes) is 1. The van der Waals surface area contributed by atoms with Gasteiger partial charge in [0.05, 0.1) is 4.90 Å². The molecule has 0 radical (unpaired) electrons. The summed E-state index contributed by atoms with van der Waals surface area (Å²) in [6.45, 7) is 1.68. The average molecular weight is 286 g/mol. The molecule has 0 aliphatic rings. The Kier molecular flexibility index (Phi) is 5.46. The van der Waals surface area contributed by atoms with Crippen LogP contribution < -0.4 is 10.5 Å². The number of nitrogens with one attached hydrogen (secondary N) is 1. The maximum absolute atomic E-state index is 11.6. The van der Waals surface area contributed by atoms with Crippen LogP contribution in [-0.2, 0) is 14.8 Å². The molecule has 0 aromatic heterocycles. The van der Waals surface area contributed by atoms with E-state index in [2.05, 4.69) is 5.32 Å². The Morgan fingerprint density at radius 2 is 2.05 bits per heavy atom. The molecule has 0 bridgehead atoms. The summed E-state index contributed by atoms with van der Waals surface area (Å²) in [7, 11) is -3.80. The van der Waals surface area contributed by atoms with Crippen molar-refractivity contribution in [3.63, 3.8) is 0 Å². The van der Waals surface area contributed by atoms with Gasteiger partial charge < -0.3 is 10.4 Å². The Balaban J connectivity index is 2.78. The van der Waals surface area contributed by atoms with E-state index in [1.165, 1.54) is 6.07 Å². The van der Waals surface area contributed by atoms with E-state index in [-0.39, 0.29) is 23.8 Å². The van der Waals surface area contributed by atoms with Crippen LogP contribution in [0.25, 0.3) is 0 Å². The lowest BCUT2D eigenvalue weighted by molar-refractivity contribution is -0.116. The minimum absolute atomic E-state index is 0.000609. The number of sulfonamides is 1. The molecule has 0 spiro atoms. The highest BCUT2D eigenvalue weighted by Crippen LogP contribution is 2.19. The molecule has 19 heavy (non-hydrogen) atoms. The van der Waals surface area contributed by atoms with Crippen molar-refractivity contribution < 1.29 is 18.3 Å². The first kappa shape index (κ1) is 15.6. The highest BCUT2D eigenvalue weighted by molar-refractivity contribution is 7.89. The molecule has 0 unspecified atom stereocenters. The van der Waals surface area contributed by atoms with Crippen LogP contribution in [0.15, 0.2) is 23.1 Å². The Morgan fingerprint density at radius 1 is 1.37 bits per heavy atom. The van der Waals surface area contributed by atoms with Gasteiger partial charge >= 0.3 is 0 Å². The minimum atomic E-state index is -3.80. The molecule has 1 aromatic carbocycles. The van der Waals surface area contributed by atoms with Crippen molar-refractivity contribution in [3.05, 3.63) is 23.8 Å². The van der Waals surface area contributed by atoms with Gasteiger partial charge in [0.2, 0.25) is 15.9 Å². The molecule has 0 aliphatic heterocycles. The Hall–Kier alpha value is -1.44. The summed E-state index contributed by atoms with van der Waals surface area (Å²) in [4.78, 5) is 11.6. The van der Waals surface area contributed by atoms with Gasteiger partial charge in [0.25, 0.3) is 0 Å². The average Bonchev–Trinajstić information content (AvgIpc) is 2.30. The number of nitrogens with two attached hydrogens (primary N) is 1. The van der Waals surface area contributed by atoms with E-state index >= 15 is 0 Å². The van der Waals surface area contributed by atoms with Crippen LogP contribution in [0.2, 0.25) is 0 Å². The zero-order valence-electron chi connectivity index (χ0n) is 10.7. The molecule has 0 saturated heterocycles. The van der Waals surface area contributed by atoms with Crippen molar-refractivity contribution in [1.82, 2.24) is 0 Å². The van der Waals surface area contributed by atoms with Crippen LogP contribution in [-0.4, -0.2) is 26.0 Å². The normalized spacial score (nSPS) is 11.3. The number of hydrogen-bond donors (Lipinski definition) is 3. The van der Waals surface area contributed by atoms with E-state index in [0.717, 1.165) is 0 Å². The zero-order valence-corrected chi connectivity index (χ0v) is 11.5. The highest BCUT2D eigenvalue weighted by atomic mass is 32.2. The molecule has 1 rings (SSSR count). The second kappa shape index (κ2) is 6.65. The van der Waals surface area contributed by atoms with E-state index in [4.69, 9.17) is 10.2 Å². The molecule has 0 aliphatic carbocycles. The molecular weight excluding hydrogens is 268 g/mol. The predicted molar refractivity (Wildman–Crippen MR) is 72.1 cm³/mol. The van der Waals surface area contributed by atoms with Crippen LogP contribution in [0.5, 0.6) is 0 Å². The lowest BCUT2D eigenvalue weighted by Gasteiger charge is -2.08. The molecule has 1 amide bonds. The minimum Gasteiger partial charge on any atom is -0.396 e. The van der Waals surface area contributed by atoms with Crippen molar-refractivity contribution in [1.29, 1.82) is 0 Å². The largest absolute Gasteiger partial charge is 0.396 e. The maximum atomic E-state index is 11.6. The van der Waals surface area contributed by atoms with Gasteiger partial charge in [0, 0.05) is 18.7 Å². The standard InChI is InChI=1S/C12H18N2O4S/c1-9-5-6-10(8-11(9)19(13,17)18)14-12(16)4-2-3-7-15/h5-6,8,15H,2-4,7H2,1H3,(H,14,16)(H2,13,17,18). The number of hydrogen-bond acceptors (Lipinski definition) is 4. The van der Waals surface area contributed by atoms with E-state index in [1.54, 1.807) is 19.1 Å². The van der Waals surface area contributed by atoms with E-state index < -0.39 is 10.0 Å². The van der Waals surface area contributed by atoms with Gasteiger partial charge in [-0.25, -0.2) is 13.6 Å². The van der Waals surface area contributed by atoms with Gasteiger partial charge in [-0.05, 0) is 37.5 Å². The van der Waals surface area contributed by atoms with Gasteiger partial charge in [-0.2, -0.15) is 0 Å². The molecule has 4 N–H and O–H groups in total. The van der Waals surface area contributed by atoms with Gasteiger partial charge in [0.1, 0.15) is 0 Å². The summed E-state index contributed by atoms with van der Waals surface area (Å²) < 4.78 is 22.7. The number of amides is 1. The number of carbonyl (C=O) groups is 1. The number of aliphatic hydroxyl groups excluding tert-OH is 1. The van der Waals surface area contributed by atoms with Crippen LogP contribution in [0, 0.1) is 6.92 Å². The third-order valence-corrected chi connectivity index (χ3v) is 3.64. The topological polar surface area (TPSA) is 109 Å². The lowest BCUT2D eigenvalue weighted by atomic mass is 10.2. The van der Waals surface area contributed by atoms with Gasteiger partial charge in [0.15, 0.2) is 0 Å².